The first-order valence-electron chi connectivity index (χ1n) is 7.19. The molecule has 0 aromatic heterocycles. The summed E-state index contributed by atoms with van der Waals surface area (Å²) in [5.41, 5.74) is 0. The molecule has 0 aliphatic rings. The Kier molecular flexibility index (Phi) is 7.95. The maximum Gasteiger partial charge on any atom is 0.328 e. The topological polar surface area (TPSA) is 64.6 Å². The Morgan fingerprint density at radius 1 is 1.32 bits per heavy atom. The molecular weight excluding hydrogens is 350 g/mol. The first-order chi connectivity index (χ1) is 10.4. The molecule has 0 radical (unpaired) electrons. The van der Waals surface area contributed by atoms with Crippen molar-refractivity contribution in [3.05, 3.63) is 28.7 Å². The molecule has 1 aromatic carbocycles. The van der Waals surface area contributed by atoms with Gasteiger partial charge in [0.25, 0.3) is 0 Å². The molecule has 1 amide bonds. The number of nitrogens with one attached hydrogen (secondary N) is 1. The lowest BCUT2D eigenvalue weighted by molar-refractivity contribution is -0.146. The van der Waals surface area contributed by atoms with Crippen molar-refractivity contribution in [3.63, 3.8) is 0 Å². The predicted molar refractivity (Wildman–Crippen MR) is 87.7 cm³/mol. The molecule has 0 spiro atoms. The fourth-order valence-electron chi connectivity index (χ4n) is 1.85. The highest BCUT2D eigenvalue weighted by molar-refractivity contribution is 9.10. The highest BCUT2D eigenvalue weighted by Crippen LogP contribution is 2.17. The molecule has 0 bridgehead atoms. The van der Waals surface area contributed by atoms with Crippen LogP contribution in [-0.2, 0) is 14.3 Å². The van der Waals surface area contributed by atoms with Crippen molar-refractivity contribution >= 4 is 27.8 Å². The van der Waals surface area contributed by atoms with Crippen LogP contribution in [-0.4, -0.2) is 31.6 Å². The second kappa shape index (κ2) is 9.46. The van der Waals surface area contributed by atoms with Gasteiger partial charge in [-0.15, -0.1) is 0 Å². The van der Waals surface area contributed by atoms with E-state index >= 15 is 0 Å². The van der Waals surface area contributed by atoms with E-state index in [1.54, 1.807) is 0 Å². The average molecular weight is 372 g/mol. The van der Waals surface area contributed by atoms with Gasteiger partial charge in [-0.05, 0) is 30.5 Å². The van der Waals surface area contributed by atoms with Gasteiger partial charge in [0.2, 0.25) is 5.91 Å². The molecule has 0 fully saturated rings. The molecule has 122 valence electrons. The maximum atomic E-state index is 11.9. The average Bonchev–Trinajstić information content (AvgIpc) is 2.48. The molecule has 22 heavy (non-hydrogen) atoms. The number of carbonyl (C=O) groups excluding carboxylic acids is 2. The van der Waals surface area contributed by atoms with Crippen LogP contribution in [0.4, 0.5) is 0 Å². The smallest absolute Gasteiger partial charge is 0.328 e. The van der Waals surface area contributed by atoms with Crippen molar-refractivity contribution in [2.75, 3.05) is 13.7 Å². The van der Waals surface area contributed by atoms with Crippen LogP contribution in [0.2, 0.25) is 0 Å². The van der Waals surface area contributed by atoms with Gasteiger partial charge >= 0.3 is 5.97 Å². The Bertz CT molecular complexity index is 505. The molecule has 0 heterocycles. The van der Waals surface area contributed by atoms with Gasteiger partial charge in [0.15, 0.2) is 0 Å². The summed E-state index contributed by atoms with van der Waals surface area (Å²) in [5, 5.41) is 2.70. The van der Waals surface area contributed by atoms with Crippen LogP contribution in [0.5, 0.6) is 5.75 Å². The van der Waals surface area contributed by atoms with Crippen LogP contribution in [0.1, 0.15) is 26.7 Å². The Hall–Kier alpha value is -1.56. The minimum Gasteiger partial charge on any atom is -0.494 e. The van der Waals surface area contributed by atoms with E-state index < -0.39 is 12.0 Å². The maximum absolute atomic E-state index is 11.9. The van der Waals surface area contributed by atoms with Crippen molar-refractivity contribution in [1.29, 1.82) is 0 Å². The zero-order valence-electron chi connectivity index (χ0n) is 13.1. The third kappa shape index (κ3) is 6.47. The largest absolute Gasteiger partial charge is 0.494 e. The van der Waals surface area contributed by atoms with E-state index in [0.29, 0.717) is 19.4 Å². The van der Waals surface area contributed by atoms with E-state index in [2.05, 4.69) is 26.0 Å². The number of methoxy groups -OCH3 is 1. The van der Waals surface area contributed by atoms with Crippen LogP contribution in [0, 0.1) is 5.92 Å². The van der Waals surface area contributed by atoms with E-state index in [9.17, 15) is 9.59 Å². The fourth-order valence-corrected chi connectivity index (χ4v) is 2.23. The first kappa shape index (κ1) is 18.5. The van der Waals surface area contributed by atoms with Crippen LogP contribution in [0.25, 0.3) is 0 Å². The highest BCUT2D eigenvalue weighted by Gasteiger charge is 2.24. The van der Waals surface area contributed by atoms with E-state index in [1.165, 1.54) is 7.11 Å². The molecule has 0 saturated carbocycles. The number of carbonyl (C=O) groups is 2. The summed E-state index contributed by atoms with van der Waals surface area (Å²) in [6.45, 7) is 4.16. The molecular formula is C16H22BrNO4. The van der Waals surface area contributed by atoms with E-state index in [-0.39, 0.29) is 11.8 Å². The zero-order valence-corrected chi connectivity index (χ0v) is 14.7. The summed E-state index contributed by atoms with van der Waals surface area (Å²) in [6.07, 6.45) is 0.874. The molecule has 1 N–H and O–H groups in total. The Balaban J connectivity index is 2.32. The zero-order chi connectivity index (χ0) is 16.5. The van der Waals surface area contributed by atoms with Crippen molar-refractivity contribution in [1.82, 2.24) is 5.32 Å². The van der Waals surface area contributed by atoms with E-state index in [0.717, 1.165) is 10.2 Å². The fraction of sp³-hybridized carbons (Fsp3) is 0.500. The number of halogens is 1. The lowest BCUT2D eigenvalue weighted by atomic mass is 10.0. The molecule has 1 aromatic rings. The second-order valence-electron chi connectivity index (χ2n) is 5.22. The van der Waals surface area contributed by atoms with Gasteiger partial charge in [0, 0.05) is 10.9 Å². The number of hydrogen-bond acceptors (Lipinski definition) is 4. The third-order valence-electron chi connectivity index (χ3n) is 3.05. The standard InChI is InChI=1S/C16H22BrNO4/c1-11(2)15(16(20)21-3)18-14(19)8-5-9-22-13-7-4-6-12(17)10-13/h4,6-7,10-11,15H,5,8-9H2,1-3H3,(H,18,19). The quantitative estimate of drug-likeness (QED) is 0.563. The van der Waals surface area contributed by atoms with Crippen LogP contribution in [0.15, 0.2) is 28.7 Å². The Labute approximate surface area is 139 Å². The molecule has 0 aliphatic heterocycles. The monoisotopic (exact) mass is 371 g/mol. The number of amides is 1. The summed E-state index contributed by atoms with van der Waals surface area (Å²) >= 11 is 3.37. The number of esters is 1. The van der Waals surface area contributed by atoms with E-state index in [4.69, 9.17) is 4.74 Å². The summed E-state index contributed by atoms with van der Waals surface area (Å²) in [7, 11) is 1.32. The van der Waals surface area contributed by atoms with Gasteiger partial charge in [0.05, 0.1) is 13.7 Å². The summed E-state index contributed by atoms with van der Waals surface area (Å²) in [6, 6.07) is 6.92. The normalized spacial score (nSPS) is 11.9. The van der Waals surface area contributed by atoms with Gasteiger partial charge in [-0.1, -0.05) is 35.8 Å². The van der Waals surface area contributed by atoms with Crippen LogP contribution >= 0.6 is 15.9 Å². The van der Waals surface area contributed by atoms with Gasteiger partial charge in [-0.25, -0.2) is 4.79 Å². The highest BCUT2D eigenvalue weighted by atomic mass is 79.9. The minimum absolute atomic E-state index is 0.0191. The molecule has 6 heteroatoms. The number of ether oxygens (including phenoxy) is 2. The number of rotatable bonds is 8. The second-order valence-corrected chi connectivity index (χ2v) is 6.14. The predicted octanol–water partition coefficient (Wildman–Crippen LogP) is 2.92. The van der Waals surface area contributed by atoms with Gasteiger partial charge in [-0.3, -0.25) is 4.79 Å². The SMILES string of the molecule is COC(=O)C(NC(=O)CCCOc1cccc(Br)c1)C(C)C. The van der Waals surface area contributed by atoms with Crippen LogP contribution in [0.3, 0.4) is 0 Å². The van der Waals surface area contributed by atoms with Crippen LogP contribution < -0.4 is 10.1 Å². The Morgan fingerprint density at radius 2 is 2.05 bits per heavy atom. The summed E-state index contributed by atoms with van der Waals surface area (Å²) in [4.78, 5) is 23.4. The van der Waals surface area contributed by atoms with Gasteiger partial charge in [-0.2, -0.15) is 0 Å². The first-order valence-corrected chi connectivity index (χ1v) is 7.99. The summed E-state index contributed by atoms with van der Waals surface area (Å²) in [5.74, 6) is 0.134. The molecule has 1 unspecified atom stereocenters. The van der Waals surface area contributed by atoms with Gasteiger partial charge < -0.3 is 14.8 Å². The molecule has 1 rings (SSSR count). The van der Waals surface area contributed by atoms with E-state index in [1.807, 2.05) is 38.1 Å². The van der Waals surface area contributed by atoms with Crippen molar-refractivity contribution in [2.24, 2.45) is 5.92 Å². The minimum atomic E-state index is -0.608. The number of benzene rings is 1. The molecule has 1 atom stereocenters. The van der Waals surface area contributed by atoms with Crippen molar-refractivity contribution in [3.8, 4) is 5.75 Å². The van der Waals surface area contributed by atoms with Crippen molar-refractivity contribution in [2.45, 2.75) is 32.7 Å². The van der Waals surface area contributed by atoms with Crippen molar-refractivity contribution < 1.29 is 19.1 Å². The lowest BCUT2D eigenvalue weighted by Crippen LogP contribution is -2.45. The van der Waals surface area contributed by atoms with Gasteiger partial charge in [0.1, 0.15) is 11.8 Å². The third-order valence-corrected chi connectivity index (χ3v) is 3.54. The molecule has 5 nitrogen and oxygen atoms in total. The number of hydrogen-bond donors (Lipinski definition) is 1. The summed E-state index contributed by atoms with van der Waals surface area (Å²) < 4.78 is 11.2. The molecule has 0 aliphatic carbocycles. The lowest BCUT2D eigenvalue weighted by Gasteiger charge is -2.19. The Morgan fingerprint density at radius 3 is 2.64 bits per heavy atom. The molecule has 0 saturated heterocycles.